The van der Waals surface area contributed by atoms with Crippen molar-refractivity contribution in [3.05, 3.63) is 96.1 Å². The molecule has 0 aliphatic carbocycles. The van der Waals surface area contributed by atoms with Crippen LogP contribution in [0.25, 0.3) is 0 Å². The van der Waals surface area contributed by atoms with Gasteiger partial charge in [-0.1, -0.05) is 30.3 Å². The molecule has 3 aromatic rings. The number of aromatic amines is 1. The first-order valence-electron chi connectivity index (χ1n) is 10.4. The maximum atomic E-state index is 13.4. The molecule has 2 N–H and O–H groups in total. The van der Waals surface area contributed by atoms with Crippen LogP contribution in [0.1, 0.15) is 44.4 Å². The predicted molar refractivity (Wildman–Crippen MR) is 118 cm³/mol. The van der Waals surface area contributed by atoms with Crippen molar-refractivity contribution in [1.82, 2.24) is 19.8 Å². The second kappa shape index (κ2) is 8.10. The van der Waals surface area contributed by atoms with Crippen LogP contribution in [-0.2, 0) is 0 Å². The first-order chi connectivity index (χ1) is 15.2. The van der Waals surface area contributed by atoms with Crippen molar-refractivity contribution in [3.63, 3.8) is 0 Å². The number of hydrogen-bond acceptors (Lipinski definition) is 3. The second-order valence-corrected chi connectivity index (χ2v) is 7.83. The van der Waals surface area contributed by atoms with E-state index in [4.69, 9.17) is 0 Å². The van der Waals surface area contributed by atoms with Crippen molar-refractivity contribution in [2.75, 3.05) is 13.1 Å². The Hall–Kier alpha value is -3.87. The van der Waals surface area contributed by atoms with Gasteiger partial charge in [0.25, 0.3) is 11.6 Å². The van der Waals surface area contributed by atoms with Crippen molar-refractivity contribution in [2.45, 2.75) is 18.4 Å². The molecule has 0 unspecified atom stereocenters. The lowest BCUT2D eigenvalue weighted by molar-refractivity contribution is 0.0653. The highest BCUT2D eigenvalue weighted by Gasteiger charge is 2.38. The summed E-state index contributed by atoms with van der Waals surface area (Å²) in [4.78, 5) is 35.1. The fraction of sp³-hybridized carbons (Fsp3) is 0.208. The predicted octanol–water partition coefficient (Wildman–Crippen LogP) is 2.93. The molecular formula is C24H23N5O2+2. The Balaban J connectivity index is 1.40. The highest BCUT2D eigenvalue weighted by atomic mass is 16.2. The number of nitrogens with one attached hydrogen (secondary N) is 2. The number of fused-ring (bicyclic) bond motifs is 1. The van der Waals surface area contributed by atoms with Crippen molar-refractivity contribution in [3.8, 4) is 0 Å². The fourth-order valence-electron chi connectivity index (χ4n) is 4.40. The molecule has 0 radical (unpaired) electrons. The van der Waals surface area contributed by atoms with Gasteiger partial charge in [-0.3, -0.25) is 9.59 Å². The zero-order chi connectivity index (χ0) is 21.2. The summed E-state index contributed by atoms with van der Waals surface area (Å²) < 4.78 is 1.84. The zero-order valence-electron chi connectivity index (χ0n) is 16.9. The average Bonchev–Trinajstić information content (AvgIpc) is 3.51. The summed E-state index contributed by atoms with van der Waals surface area (Å²) in [5.74, 6) is -0.0743. The maximum absolute atomic E-state index is 13.4. The van der Waals surface area contributed by atoms with Crippen LogP contribution in [0.3, 0.4) is 0 Å². The van der Waals surface area contributed by atoms with Gasteiger partial charge in [0, 0.05) is 25.2 Å². The van der Waals surface area contributed by atoms with Gasteiger partial charge in [0.15, 0.2) is 0 Å². The van der Waals surface area contributed by atoms with E-state index in [1.54, 1.807) is 31.2 Å². The minimum Gasteiger partial charge on any atom is -0.357 e. The number of rotatable bonds is 4. The van der Waals surface area contributed by atoms with Gasteiger partial charge in [-0.25, -0.2) is 0 Å². The zero-order valence-corrected chi connectivity index (χ0v) is 16.9. The van der Waals surface area contributed by atoms with E-state index in [2.05, 4.69) is 27.4 Å². The summed E-state index contributed by atoms with van der Waals surface area (Å²) in [7, 11) is 0. The monoisotopic (exact) mass is 413 g/mol. The SMILES string of the molecule is O=C(N[C@@H]1CN(C(=O)c2cc[cH+]n3c2[CH+]N=C3)CC[C@H]1c1ccccc1)c1ccc[nH]1. The molecule has 2 atom stereocenters. The number of aliphatic imine (C=N–C) groups is 1. The molecule has 7 nitrogen and oxygen atoms in total. The molecule has 1 saturated heterocycles. The van der Waals surface area contributed by atoms with Gasteiger partial charge < -0.3 is 15.2 Å². The average molecular weight is 413 g/mol. The minimum atomic E-state index is -0.194. The molecule has 5 rings (SSSR count). The number of hydrogen-bond donors (Lipinski definition) is 2. The highest BCUT2D eigenvalue weighted by Crippen LogP contribution is 2.30. The number of amides is 2. The third kappa shape index (κ3) is 3.70. The van der Waals surface area contributed by atoms with Gasteiger partial charge in [0.2, 0.25) is 18.4 Å². The number of carbonyl (C=O) groups excluding carboxylic acids is 2. The number of pyridine rings is 1. The number of aromatic nitrogens is 2. The van der Waals surface area contributed by atoms with Gasteiger partial charge in [0.1, 0.15) is 11.9 Å². The molecule has 4 heterocycles. The van der Waals surface area contributed by atoms with Gasteiger partial charge in [-0.2, -0.15) is 4.57 Å². The lowest BCUT2D eigenvalue weighted by Crippen LogP contribution is -2.53. The fourth-order valence-corrected chi connectivity index (χ4v) is 4.40. The first-order valence-corrected chi connectivity index (χ1v) is 10.4. The lowest BCUT2D eigenvalue weighted by atomic mass is 9.85. The Kier molecular flexibility index (Phi) is 5.00. The Labute approximate surface area is 180 Å². The summed E-state index contributed by atoms with van der Waals surface area (Å²) in [5, 5.41) is 3.16. The van der Waals surface area contributed by atoms with Gasteiger partial charge in [0.05, 0.1) is 18.2 Å². The van der Waals surface area contributed by atoms with Gasteiger partial charge >= 0.3 is 5.91 Å². The molecule has 1 fully saturated rings. The molecule has 2 aliphatic heterocycles. The maximum Gasteiger partial charge on any atom is 0.332 e. The molecule has 2 aliphatic rings. The number of likely N-dealkylation sites (tertiary alicyclic amines) is 1. The molecule has 7 heteroatoms. The summed E-state index contributed by atoms with van der Waals surface area (Å²) in [5.41, 5.74) is 3.08. The molecular weight excluding hydrogens is 390 g/mol. The van der Waals surface area contributed by atoms with Crippen LogP contribution < -0.4 is 5.32 Å². The van der Waals surface area contributed by atoms with Gasteiger partial charge in [-0.15, -0.1) is 4.99 Å². The van der Waals surface area contributed by atoms with E-state index in [0.717, 1.165) is 12.1 Å². The molecule has 2 amide bonds. The smallest absolute Gasteiger partial charge is 0.332 e. The van der Waals surface area contributed by atoms with E-state index in [-0.39, 0.29) is 23.8 Å². The molecule has 31 heavy (non-hydrogen) atoms. The van der Waals surface area contributed by atoms with Crippen LogP contribution in [0.15, 0.2) is 72.0 Å². The number of H-pyrrole nitrogens is 1. The third-order valence-corrected chi connectivity index (χ3v) is 5.97. The second-order valence-electron chi connectivity index (χ2n) is 7.83. The van der Waals surface area contributed by atoms with Crippen molar-refractivity contribution >= 4 is 18.2 Å². The van der Waals surface area contributed by atoms with Crippen LogP contribution in [-0.4, -0.2) is 51.7 Å². The van der Waals surface area contributed by atoms with Crippen LogP contribution in [0.5, 0.6) is 0 Å². The molecule has 1 aromatic carbocycles. The van der Waals surface area contributed by atoms with Crippen molar-refractivity contribution in [1.29, 1.82) is 0 Å². The summed E-state index contributed by atoms with van der Waals surface area (Å²) in [6, 6.07) is 17.2. The number of benzene rings is 1. The largest absolute Gasteiger partial charge is 0.357 e. The Morgan fingerprint density at radius 2 is 2.00 bits per heavy atom. The summed E-state index contributed by atoms with van der Waals surface area (Å²) in [6.07, 6.45) is 6.06. The van der Waals surface area contributed by atoms with Crippen molar-refractivity contribution < 1.29 is 9.59 Å². The topological polar surface area (TPSA) is 82.5 Å². The lowest BCUT2D eigenvalue weighted by Gasteiger charge is -2.38. The van der Waals surface area contributed by atoms with Crippen LogP contribution in [0.2, 0.25) is 0 Å². The van der Waals surface area contributed by atoms with Crippen LogP contribution >= 0.6 is 0 Å². The van der Waals surface area contributed by atoms with Crippen LogP contribution in [0, 0.1) is 6.54 Å². The standard InChI is InChI=1S/C24H22N5O2/c30-23(20-9-4-11-26-20)27-21-15-28(13-10-18(21)17-6-2-1-3-7-17)24(31)19-8-5-12-29-16-25-14-22(19)29/h1-9,11-12,14,16,18,21H,10,13,15H2,(H-,26,27,30)/q+1/p+1/t18-,21+/m0/s1. The van der Waals surface area contributed by atoms with Crippen LogP contribution in [0.4, 0.5) is 0 Å². The Bertz CT molecular complexity index is 1120. The summed E-state index contributed by atoms with van der Waals surface area (Å²) >= 11 is 0. The molecule has 154 valence electrons. The Morgan fingerprint density at radius 1 is 1.13 bits per heavy atom. The third-order valence-electron chi connectivity index (χ3n) is 5.97. The number of piperidine rings is 1. The van der Waals surface area contributed by atoms with E-state index in [1.807, 2.05) is 46.0 Å². The first kappa shape index (κ1) is 19.1. The van der Waals surface area contributed by atoms with E-state index < -0.39 is 0 Å². The highest BCUT2D eigenvalue weighted by molar-refractivity contribution is 5.97. The molecule has 0 bridgehead atoms. The van der Waals surface area contributed by atoms with E-state index in [1.165, 1.54) is 5.56 Å². The quantitative estimate of drug-likeness (QED) is 0.645. The van der Waals surface area contributed by atoms with E-state index in [9.17, 15) is 9.59 Å². The molecule has 0 saturated carbocycles. The van der Waals surface area contributed by atoms with E-state index >= 15 is 0 Å². The Morgan fingerprint density at radius 3 is 2.81 bits per heavy atom. The minimum absolute atomic E-state index is 0.0447. The number of carbonyl (C=O) groups is 2. The summed E-state index contributed by atoms with van der Waals surface area (Å²) in [6.45, 7) is 2.77. The molecule has 2 aromatic heterocycles. The van der Waals surface area contributed by atoms with Gasteiger partial charge in [-0.05, 0) is 24.1 Å². The van der Waals surface area contributed by atoms with Crippen molar-refractivity contribution in [2.24, 2.45) is 4.99 Å². The number of nitrogens with zero attached hydrogens (tertiary/aromatic N) is 3. The van der Waals surface area contributed by atoms with E-state index in [0.29, 0.717) is 24.3 Å². The normalized spacial score (nSPS) is 19.5. The molecule has 0 spiro atoms.